The molecule has 16 heavy (non-hydrogen) atoms. The van der Waals surface area contributed by atoms with Crippen LogP contribution in [-0.4, -0.2) is 24.8 Å². The molecule has 0 amide bonds. The van der Waals surface area contributed by atoms with Gasteiger partial charge in [-0.25, -0.2) is 0 Å². The van der Waals surface area contributed by atoms with Crippen LogP contribution < -0.4 is 0 Å². The third-order valence-corrected chi connectivity index (χ3v) is 2.64. The van der Waals surface area contributed by atoms with Crippen LogP contribution in [0, 0.1) is 13.8 Å². The molecule has 3 nitrogen and oxygen atoms in total. The summed E-state index contributed by atoms with van der Waals surface area (Å²) in [5, 5.41) is 0. The molecule has 0 fully saturated rings. The summed E-state index contributed by atoms with van der Waals surface area (Å²) in [6.45, 7) is 5.26. The van der Waals surface area contributed by atoms with Gasteiger partial charge in [-0.15, -0.1) is 0 Å². The summed E-state index contributed by atoms with van der Waals surface area (Å²) in [6, 6.07) is 5.85. The lowest BCUT2D eigenvalue weighted by atomic mass is 10.0. The number of nitrogens with zero attached hydrogens (tertiary/aromatic N) is 1. The van der Waals surface area contributed by atoms with Crippen molar-refractivity contribution in [2.75, 3.05) is 13.2 Å². The minimum Gasteiger partial charge on any atom is -0.479 e. The Labute approximate surface area is 95.2 Å². The third-order valence-electron chi connectivity index (χ3n) is 2.64. The van der Waals surface area contributed by atoms with Gasteiger partial charge in [-0.2, -0.15) is 0 Å². The average Bonchev–Trinajstić information content (AvgIpc) is 2.70. The van der Waals surface area contributed by atoms with Crippen molar-refractivity contribution < 1.29 is 9.53 Å². The second-order valence-corrected chi connectivity index (χ2v) is 4.04. The summed E-state index contributed by atoms with van der Waals surface area (Å²) in [6.07, 6.45) is 0.282. The molecule has 3 heteroatoms. The Hall–Kier alpha value is -1.64. The zero-order valence-corrected chi connectivity index (χ0v) is 9.62. The van der Waals surface area contributed by atoms with Crippen LogP contribution in [0.15, 0.2) is 23.2 Å². The highest BCUT2D eigenvalue weighted by atomic mass is 16.5. The predicted molar refractivity (Wildman–Crippen MR) is 63.1 cm³/mol. The van der Waals surface area contributed by atoms with Crippen LogP contribution in [0.1, 0.15) is 27.9 Å². The fourth-order valence-electron chi connectivity index (χ4n) is 1.85. The predicted octanol–water partition coefficient (Wildman–Crippen LogP) is 2.30. The van der Waals surface area contributed by atoms with Crippen LogP contribution in [0.25, 0.3) is 0 Å². The first kappa shape index (κ1) is 10.9. The van der Waals surface area contributed by atoms with Gasteiger partial charge in [0.15, 0.2) is 11.7 Å². The van der Waals surface area contributed by atoms with Gasteiger partial charge in [0.1, 0.15) is 6.61 Å². The van der Waals surface area contributed by atoms with Crippen LogP contribution in [0.3, 0.4) is 0 Å². The van der Waals surface area contributed by atoms with Crippen molar-refractivity contribution in [3.8, 4) is 0 Å². The Bertz CT molecular complexity index is 449. The van der Waals surface area contributed by atoms with Gasteiger partial charge in [-0.05, 0) is 19.4 Å². The summed E-state index contributed by atoms with van der Waals surface area (Å²) >= 11 is 0. The molecule has 0 atom stereocenters. The molecule has 1 aliphatic heterocycles. The third kappa shape index (κ3) is 2.30. The number of carbonyl (C=O) groups is 1. The number of carbonyl (C=O) groups excluding carboxylic acids is 1. The van der Waals surface area contributed by atoms with E-state index < -0.39 is 0 Å². The van der Waals surface area contributed by atoms with E-state index in [4.69, 9.17) is 4.74 Å². The topological polar surface area (TPSA) is 38.7 Å². The Morgan fingerprint density at radius 3 is 2.88 bits per heavy atom. The average molecular weight is 217 g/mol. The van der Waals surface area contributed by atoms with Crippen molar-refractivity contribution in [3.63, 3.8) is 0 Å². The van der Waals surface area contributed by atoms with Crippen LogP contribution in [0.4, 0.5) is 0 Å². The fraction of sp³-hybridized carbons (Fsp3) is 0.385. The van der Waals surface area contributed by atoms with E-state index >= 15 is 0 Å². The first-order valence-electron chi connectivity index (χ1n) is 5.43. The van der Waals surface area contributed by atoms with E-state index in [0.29, 0.717) is 19.0 Å². The SMILES string of the molecule is Cc1ccc(C(=O)CC2=NCCO2)c(C)c1. The maximum absolute atomic E-state index is 12.0. The molecule has 1 aromatic carbocycles. The highest BCUT2D eigenvalue weighted by Crippen LogP contribution is 2.14. The number of ether oxygens (including phenoxy) is 1. The Morgan fingerprint density at radius 2 is 2.25 bits per heavy atom. The largest absolute Gasteiger partial charge is 0.479 e. The lowest BCUT2D eigenvalue weighted by Crippen LogP contribution is -2.10. The smallest absolute Gasteiger partial charge is 0.191 e. The molecular formula is C13H15NO2. The molecule has 84 valence electrons. The van der Waals surface area contributed by atoms with Gasteiger partial charge < -0.3 is 4.74 Å². The lowest BCUT2D eigenvalue weighted by Gasteiger charge is -2.06. The molecule has 0 spiro atoms. The highest BCUT2D eigenvalue weighted by Gasteiger charge is 2.15. The minimum absolute atomic E-state index is 0.0816. The Balaban J connectivity index is 2.14. The number of aliphatic imine (C=N–C) groups is 1. The zero-order chi connectivity index (χ0) is 11.5. The first-order valence-corrected chi connectivity index (χ1v) is 5.43. The van der Waals surface area contributed by atoms with Gasteiger partial charge in [0.25, 0.3) is 0 Å². The first-order chi connectivity index (χ1) is 7.66. The number of benzene rings is 1. The molecule has 0 N–H and O–H groups in total. The van der Waals surface area contributed by atoms with Gasteiger partial charge >= 0.3 is 0 Å². The van der Waals surface area contributed by atoms with Gasteiger partial charge in [0.2, 0.25) is 0 Å². The molecule has 0 saturated heterocycles. The summed E-state index contributed by atoms with van der Waals surface area (Å²) in [4.78, 5) is 16.1. The quantitative estimate of drug-likeness (QED) is 0.729. The molecule has 1 heterocycles. The second-order valence-electron chi connectivity index (χ2n) is 4.04. The van der Waals surface area contributed by atoms with Gasteiger partial charge in [-0.1, -0.05) is 23.8 Å². The highest BCUT2D eigenvalue weighted by molar-refractivity contribution is 6.08. The van der Waals surface area contributed by atoms with Gasteiger partial charge in [0.05, 0.1) is 13.0 Å². The van der Waals surface area contributed by atoms with E-state index in [9.17, 15) is 4.79 Å². The standard InChI is InChI=1S/C13H15NO2/c1-9-3-4-11(10(2)7-9)12(15)8-13-14-5-6-16-13/h3-4,7H,5-6,8H2,1-2H3. The molecular weight excluding hydrogens is 202 g/mol. The van der Waals surface area contributed by atoms with Crippen molar-refractivity contribution in [1.82, 2.24) is 0 Å². The van der Waals surface area contributed by atoms with Crippen molar-refractivity contribution in [2.45, 2.75) is 20.3 Å². The van der Waals surface area contributed by atoms with Crippen molar-refractivity contribution in [3.05, 3.63) is 34.9 Å². The Morgan fingerprint density at radius 1 is 1.44 bits per heavy atom. The van der Waals surface area contributed by atoms with Crippen molar-refractivity contribution >= 4 is 11.7 Å². The number of hydrogen-bond donors (Lipinski definition) is 0. The zero-order valence-electron chi connectivity index (χ0n) is 9.62. The minimum atomic E-state index is 0.0816. The summed E-state index contributed by atoms with van der Waals surface area (Å²) in [7, 11) is 0. The molecule has 0 aliphatic carbocycles. The van der Waals surface area contributed by atoms with E-state index in [1.807, 2.05) is 32.0 Å². The monoisotopic (exact) mass is 217 g/mol. The molecule has 1 aliphatic rings. The molecule has 0 aromatic heterocycles. The lowest BCUT2D eigenvalue weighted by molar-refractivity contribution is 0.0994. The van der Waals surface area contributed by atoms with Gasteiger partial charge in [0, 0.05) is 5.56 Å². The number of aryl methyl sites for hydroxylation is 2. The van der Waals surface area contributed by atoms with E-state index in [1.165, 1.54) is 5.56 Å². The van der Waals surface area contributed by atoms with E-state index in [-0.39, 0.29) is 12.2 Å². The fourth-order valence-corrected chi connectivity index (χ4v) is 1.85. The molecule has 0 unspecified atom stereocenters. The molecule has 0 radical (unpaired) electrons. The van der Waals surface area contributed by atoms with Crippen LogP contribution in [0.2, 0.25) is 0 Å². The number of hydrogen-bond acceptors (Lipinski definition) is 3. The maximum Gasteiger partial charge on any atom is 0.191 e. The molecule has 0 saturated carbocycles. The van der Waals surface area contributed by atoms with Crippen LogP contribution >= 0.6 is 0 Å². The number of ketones is 1. The van der Waals surface area contributed by atoms with Crippen LogP contribution in [-0.2, 0) is 4.74 Å². The maximum atomic E-state index is 12.0. The number of rotatable bonds is 3. The summed E-state index contributed by atoms with van der Waals surface area (Å²) < 4.78 is 5.24. The van der Waals surface area contributed by atoms with Crippen molar-refractivity contribution in [1.29, 1.82) is 0 Å². The molecule has 2 rings (SSSR count). The molecule has 0 bridgehead atoms. The molecule has 1 aromatic rings. The summed E-state index contributed by atoms with van der Waals surface area (Å²) in [5.41, 5.74) is 2.95. The van der Waals surface area contributed by atoms with Crippen LogP contribution in [0.5, 0.6) is 0 Å². The van der Waals surface area contributed by atoms with E-state index in [0.717, 1.165) is 11.1 Å². The summed E-state index contributed by atoms with van der Waals surface area (Å²) in [5.74, 6) is 0.656. The number of Topliss-reactive ketones (excluding diaryl/α,β-unsaturated/α-hetero) is 1. The second kappa shape index (κ2) is 4.47. The van der Waals surface area contributed by atoms with Gasteiger partial charge in [-0.3, -0.25) is 9.79 Å². The normalized spacial score (nSPS) is 14.5. The Kier molecular flexibility index (Phi) is 3.04. The van der Waals surface area contributed by atoms with Crippen molar-refractivity contribution in [2.24, 2.45) is 4.99 Å². The van der Waals surface area contributed by atoms with E-state index in [1.54, 1.807) is 0 Å². The van der Waals surface area contributed by atoms with E-state index in [2.05, 4.69) is 4.99 Å².